The van der Waals surface area contributed by atoms with Gasteiger partial charge in [-0.05, 0) is 12.8 Å². The summed E-state index contributed by atoms with van der Waals surface area (Å²) in [6.07, 6.45) is 1.55. The molecule has 0 aromatic carbocycles. The number of aliphatic hydroxyl groups excluding tert-OH is 1. The number of halogens is 2. The molecule has 84 valence electrons. The summed E-state index contributed by atoms with van der Waals surface area (Å²) in [6, 6.07) is 1.78. The van der Waals surface area contributed by atoms with Gasteiger partial charge in [0.2, 0.25) is 0 Å². The molecule has 15 heavy (non-hydrogen) atoms. The number of rotatable bonds is 5. The minimum atomic E-state index is 0.134. The number of aliphatic hydroxyl groups is 1. The maximum absolute atomic E-state index is 8.84. The Morgan fingerprint density at radius 1 is 1.47 bits per heavy atom. The molecule has 1 aromatic rings. The van der Waals surface area contributed by atoms with Gasteiger partial charge in [0.05, 0.1) is 5.69 Å². The molecule has 6 heteroatoms. The number of hydrogen-bond donors (Lipinski definition) is 2. The van der Waals surface area contributed by atoms with Crippen LogP contribution in [0.1, 0.15) is 19.8 Å². The Bertz CT molecular complexity index is 322. The molecule has 1 aromatic heterocycles. The van der Waals surface area contributed by atoms with Gasteiger partial charge >= 0.3 is 0 Å². The van der Waals surface area contributed by atoms with E-state index in [2.05, 4.69) is 15.5 Å². The molecule has 0 saturated carbocycles. The lowest BCUT2D eigenvalue weighted by molar-refractivity contribution is 0.278. The highest BCUT2D eigenvalue weighted by atomic mass is 35.5. The molecule has 0 aliphatic carbocycles. The zero-order valence-corrected chi connectivity index (χ0v) is 9.89. The van der Waals surface area contributed by atoms with Crippen molar-refractivity contribution in [3.8, 4) is 0 Å². The predicted octanol–water partition coefficient (Wildman–Crippen LogP) is 2.36. The van der Waals surface area contributed by atoms with Crippen LogP contribution in [-0.2, 0) is 0 Å². The lowest BCUT2D eigenvalue weighted by Gasteiger charge is -2.17. The largest absolute Gasteiger partial charge is 0.396 e. The van der Waals surface area contributed by atoms with Crippen LogP contribution >= 0.6 is 23.2 Å². The highest BCUT2D eigenvalue weighted by Crippen LogP contribution is 2.22. The molecule has 1 heterocycles. The van der Waals surface area contributed by atoms with Crippen LogP contribution in [0.25, 0.3) is 0 Å². The summed E-state index contributed by atoms with van der Waals surface area (Å²) < 4.78 is 0. The summed E-state index contributed by atoms with van der Waals surface area (Å²) in [5.74, 6) is 0. The Hall–Kier alpha value is -0.580. The fourth-order valence-corrected chi connectivity index (χ4v) is 1.50. The fraction of sp³-hybridized carbons (Fsp3) is 0.556. The van der Waals surface area contributed by atoms with Crippen LogP contribution in [0.15, 0.2) is 6.07 Å². The third-order valence-electron chi connectivity index (χ3n) is 2.05. The highest BCUT2D eigenvalue weighted by Gasteiger charge is 2.09. The zero-order chi connectivity index (χ0) is 11.3. The predicted molar refractivity (Wildman–Crippen MR) is 61.5 cm³/mol. The molecule has 0 saturated heterocycles. The Kier molecular flexibility index (Phi) is 5.08. The van der Waals surface area contributed by atoms with Crippen LogP contribution in [0.3, 0.4) is 0 Å². The van der Waals surface area contributed by atoms with E-state index in [1.54, 1.807) is 6.07 Å². The number of nitrogens with one attached hydrogen (secondary N) is 1. The van der Waals surface area contributed by atoms with Crippen LogP contribution in [-0.4, -0.2) is 28.0 Å². The van der Waals surface area contributed by atoms with E-state index in [1.807, 2.05) is 6.92 Å². The van der Waals surface area contributed by atoms with Crippen molar-refractivity contribution < 1.29 is 5.11 Å². The summed E-state index contributed by atoms with van der Waals surface area (Å²) >= 11 is 11.5. The van der Waals surface area contributed by atoms with E-state index in [0.29, 0.717) is 17.3 Å². The van der Waals surface area contributed by atoms with Gasteiger partial charge in [-0.3, -0.25) is 0 Å². The van der Waals surface area contributed by atoms with Gasteiger partial charge in [0, 0.05) is 18.7 Å². The molecular weight excluding hydrogens is 237 g/mol. The first kappa shape index (κ1) is 12.5. The maximum Gasteiger partial charge on any atom is 0.174 e. The molecule has 0 spiro atoms. The van der Waals surface area contributed by atoms with Crippen molar-refractivity contribution in [3.05, 3.63) is 16.4 Å². The number of hydrogen-bond acceptors (Lipinski definition) is 4. The average molecular weight is 250 g/mol. The molecule has 0 radical (unpaired) electrons. The van der Waals surface area contributed by atoms with Gasteiger partial charge < -0.3 is 10.4 Å². The molecule has 0 aliphatic heterocycles. The van der Waals surface area contributed by atoms with Crippen LogP contribution in [0.4, 0.5) is 5.69 Å². The molecule has 1 rings (SSSR count). The van der Waals surface area contributed by atoms with E-state index < -0.39 is 0 Å². The minimum absolute atomic E-state index is 0.134. The third kappa shape index (κ3) is 3.81. The monoisotopic (exact) mass is 249 g/mol. The highest BCUT2D eigenvalue weighted by molar-refractivity contribution is 6.33. The molecule has 0 amide bonds. The molecule has 0 aliphatic rings. The maximum atomic E-state index is 8.84. The van der Waals surface area contributed by atoms with Crippen molar-refractivity contribution in [2.24, 2.45) is 0 Å². The van der Waals surface area contributed by atoms with Crippen LogP contribution in [0.2, 0.25) is 10.3 Å². The van der Waals surface area contributed by atoms with Gasteiger partial charge in [-0.2, -0.15) is 0 Å². The minimum Gasteiger partial charge on any atom is -0.396 e. The van der Waals surface area contributed by atoms with Crippen LogP contribution < -0.4 is 5.32 Å². The number of aromatic nitrogens is 2. The first-order valence-electron chi connectivity index (χ1n) is 4.73. The summed E-state index contributed by atoms with van der Waals surface area (Å²) in [5.41, 5.74) is 0.650. The Morgan fingerprint density at radius 3 is 2.80 bits per heavy atom. The lowest BCUT2D eigenvalue weighted by Crippen LogP contribution is -2.20. The van der Waals surface area contributed by atoms with E-state index in [1.165, 1.54) is 0 Å². The van der Waals surface area contributed by atoms with Gasteiger partial charge in [0.15, 0.2) is 10.3 Å². The molecule has 0 fully saturated rings. The third-order valence-corrected chi connectivity index (χ3v) is 2.51. The lowest BCUT2D eigenvalue weighted by atomic mass is 10.1. The summed E-state index contributed by atoms with van der Waals surface area (Å²) in [7, 11) is 0. The smallest absolute Gasteiger partial charge is 0.174 e. The van der Waals surface area contributed by atoms with Crippen molar-refractivity contribution in [2.45, 2.75) is 25.8 Å². The van der Waals surface area contributed by atoms with Crippen molar-refractivity contribution in [2.75, 3.05) is 11.9 Å². The Morgan fingerprint density at radius 2 is 2.20 bits per heavy atom. The summed E-state index contributed by atoms with van der Waals surface area (Å²) in [6.45, 7) is 2.16. The van der Waals surface area contributed by atoms with Gasteiger partial charge in [0.1, 0.15) is 0 Å². The second-order valence-corrected chi connectivity index (χ2v) is 3.88. The van der Waals surface area contributed by atoms with Gasteiger partial charge in [-0.15, -0.1) is 10.2 Å². The average Bonchev–Trinajstić information content (AvgIpc) is 2.22. The van der Waals surface area contributed by atoms with Crippen molar-refractivity contribution in [3.63, 3.8) is 0 Å². The molecule has 1 atom stereocenters. The first-order valence-corrected chi connectivity index (χ1v) is 5.49. The van der Waals surface area contributed by atoms with E-state index >= 15 is 0 Å². The van der Waals surface area contributed by atoms with Crippen LogP contribution in [0, 0.1) is 0 Å². The molecule has 0 bridgehead atoms. The molecule has 1 unspecified atom stereocenters. The van der Waals surface area contributed by atoms with Gasteiger partial charge in [-0.1, -0.05) is 30.1 Å². The van der Waals surface area contributed by atoms with Crippen molar-refractivity contribution >= 4 is 28.9 Å². The zero-order valence-electron chi connectivity index (χ0n) is 8.37. The Balaban J connectivity index is 2.73. The SMILES string of the molecule is CCC(CCO)Nc1cc(Cl)nnc1Cl. The van der Waals surface area contributed by atoms with E-state index in [9.17, 15) is 0 Å². The fourth-order valence-electron chi connectivity index (χ4n) is 1.21. The molecule has 2 N–H and O–H groups in total. The van der Waals surface area contributed by atoms with Gasteiger partial charge in [-0.25, -0.2) is 0 Å². The number of anilines is 1. The van der Waals surface area contributed by atoms with E-state index in [0.717, 1.165) is 6.42 Å². The standard InChI is InChI=1S/C9H13Cl2N3O/c1-2-6(3-4-15)12-7-5-8(10)13-14-9(7)11/h5-6,15H,2-4H2,1H3,(H,12,13). The van der Waals surface area contributed by atoms with Gasteiger partial charge in [0.25, 0.3) is 0 Å². The second kappa shape index (κ2) is 6.10. The number of nitrogens with zero attached hydrogens (tertiary/aromatic N) is 2. The normalized spacial score (nSPS) is 12.5. The summed E-state index contributed by atoms with van der Waals surface area (Å²) in [4.78, 5) is 0. The molecular formula is C9H13Cl2N3O. The second-order valence-electron chi connectivity index (χ2n) is 3.13. The quantitative estimate of drug-likeness (QED) is 0.842. The van der Waals surface area contributed by atoms with Crippen LogP contribution in [0.5, 0.6) is 0 Å². The van der Waals surface area contributed by atoms with E-state index in [4.69, 9.17) is 28.3 Å². The topological polar surface area (TPSA) is 58.0 Å². The van der Waals surface area contributed by atoms with Crippen molar-refractivity contribution in [1.82, 2.24) is 10.2 Å². The molecule has 4 nitrogen and oxygen atoms in total. The van der Waals surface area contributed by atoms with E-state index in [-0.39, 0.29) is 17.8 Å². The Labute approximate surface area is 98.6 Å². The van der Waals surface area contributed by atoms with Crippen molar-refractivity contribution in [1.29, 1.82) is 0 Å². The first-order chi connectivity index (χ1) is 7.17. The summed E-state index contributed by atoms with van der Waals surface area (Å²) in [5, 5.41) is 19.9.